The molecular weight excluding hydrogens is 144 g/mol. The molecule has 0 N–H and O–H groups in total. The molecule has 0 saturated heterocycles. The highest BCUT2D eigenvalue weighted by atomic mass is 14.3. The molecule has 0 aromatic heterocycles. The second-order valence-corrected chi connectivity index (χ2v) is 3.61. The van der Waals surface area contributed by atoms with Gasteiger partial charge in [-0.3, -0.25) is 0 Å². The third-order valence-electron chi connectivity index (χ3n) is 2.93. The van der Waals surface area contributed by atoms with Crippen molar-refractivity contribution < 1.29 is 0 Å². The second kappa shape index (κ2) is 4.30. The third-order valence-corrected chi connectivity index (χ3v) is 2.93. The fourth-order valence-electron chi connectivity index (χ4n) is 2.04. The molecule has 1 saturated carbocycles. The highest BCUT2D eigenvalue weighted by Gasteiger charge is 2.24. The van der Waals surface area contributed by atoms with Gasteiger partial charge in [-0.1, -0.05) is 18.2 Å². The molecule has 66 valence electrons. The van der Waals surface area contributed by atoms with Crippen LogP contribution in [-0.4, -0.2) is 0 Å². The molecule has 0 aromatic rings. The van der Waals surface area contributed by atoms with Crippen LogP contribution < -0.4 is 0 Å². The molecule has 1 aliphatic rings. The summed E-state index contributed by atoms with van der Waals surface area (Å²) in [7, 11) is 0. The molecule has 0 spiro atoms. The Hall–Kier alpha value is -0.780. The van der Waals surface area contributed by atoms with Crippen molar-refractivity contribution in [3.8, 4) is 0 Å². The van der Waals surface area contributed by atoms with E-state index in [9.17, 15) is 0 Å². The lowest BCUT2D eigenvalue weighted by molar-refractivity contribution is 0.288. The first kappa shape index (κ1) is 9.31. The van der Waals surface area contributed by atoms with Crippen LogP contribution in [0.1, 0.15) is 19.3 Å². The minimum atomic E-state index is 0.624. The highest BCUT2D eigenvalue weighted by Crippen LogP contribution is 2.35. The summed E-state index contributed by atoms with van der Waals surface area (Å²) < 4.78 is 0. The van der Waals surface area contributed by atoms with E-state index >= 15 is 0 Å². The largest absolute Gasteiger partial charge is 0.103 e. The summed E-state index contributed by atoms with van der Waals surface area (Å²) in [4.78, 5) is 0. The van der Waals surface area contributed by atoms with Crippen molar-refractivity contribution in [2.45, 2.75) is 19.3 Å². The zero-order chi connectivity index (χ0) is 8.97. The predicted octanol–water partition coefficient (Wildman–Crippen LogP) is 3.58. The number of hydrogen-bond acceptors (Lipinski definition) is 0. The SMILES string of the molecule is C=C[C@@H]1CC[C@H](C=C)[C@@H](C=C)C1. The van der Waals surface area contributed by atoms with Crippen molar-refractivity contribution >= 4 is 0 Å². The molecule has 1 rings (SSSR count). The van der Waals surface area contributed by atoms with Crippen molar-refractivity contribution in [2.75, 3.05) is 0 Å². The van der Waals surface area contributed by atoms with Crippen molar-refractivity contribution in [1.82, 2.24) is 0 Å². The van der Waals surface area contributed by atoms with Gasteiger partial charge >= 0.3 is 0 Å². The van der Waals surface area contributed by atoms with Crippen molar-refractivity contribution in [1.29, 1.82) is 0 Å². The van der Waals surface area contributed by atoms with E-state index in [4.69, 9.17) is 0 Å². The van der Waals surface area contributed by atoms with Gasteiger partial charge in [0.25, 0.3) is 0 Å². The van der Waals surface area contributed by atoms with Gasteiger partial charge in [-0.2, -0.15) is 0 Å². The van der Waals surface area contributed by atoms with Gasteiger partial charge in [0.1, 0.15) is 0 Å². The molecule has 1 fully saturated rings. The van der Waals surface area contributed by atoms with Crippen LogP contribution in [0.2, 0.25) is 0 Å². The molecule has 3 atom stereocenters. The van der Waals surface area contributed by atoms with Crippen LogP contribution in [0.15, 0.2) is 38.0 Å². The zero-order valence-corrected chi connectivity index (χ0v) is 7.71. The first-order chi connectivity index (χ1) is 5.81. The summed E-state index contributed by atoms with van der Waals surface area (Å²) in [5.74, 6) is 1.97. The lowest BCUT2D eigenvalue weighted by Gasteiger charge is -2.31. The van der Waals surface area contributed by atoms with Gasteiger partial charge in [0.2, 0.25) is 0 Å². The van der Waals surface area contributed by atoms with Crippen molar-refractivity contribution in [3.63, 3.8) is 0 Å². The highest BCUT2D eigenvalue weighted by molar-refractivity contribution is 4.99. The van der Waals surface area contributed by atoms with Gasteiger partial charge in [0, 0.05) is 0 Å². The molecule has 12 heavy (non-hydrogen) atoms. The van der Waals surface area contributed by atoms with Gasteiger partial charge in [0.15, 0.2) is 0 Å². The minimum Gasteiger partial charge on any atom is -0.103 e. The fourth-order valence-corrected chi connectivity index (χ4v) is 2.04. The maximum atomic E-state index is 3.87. The third kappa shape index (κ3) is 1.88. The van der Waals surface area contributed by atoms with Crippen molar-refractivity contribution in [2.24, 2.45) is 17.8 Å². The van der Waals surface area contributed by atoms with Crippen molar-refractivity contribution in [3.05, 3.63) is 38.0 Å². The Morgan fingerprint density at radius 2 is 1.50 bits per heavy atom. The van der Waals surface area contributed by atoms with Gasteiger partial charge < -0.3 is 0 Å². The average molecular weight is 162 g/mol. The van der Waals surface area contributed by atoms with Crippen LogP contribution in [0.25, 0.3) is 0 Å². The molecular formula is C12H18. The molecule has 0 heteroatoms. The fraction of sp³-hybridized carbons (Fsp3) is 0.500. The van der Waals surface area contributed by atoms with E-state index in [-0.39, 0.29) is 0 Å². The summed E-state index contributed by atoms with van der Waals surface area (Å²) >= 11 is 0. The molecule has 1 aliphatic carbocycles. The molecule has 0 bridgehead atoms. The Balaban J connectivity index is 2.58. The summed E-state index contributed by atoms with van der Waals surface area (Å²) in [5, 5.41) is 0. The number of hydrogen-bond donors (Lipinski definition) is 0. The van der Waals surface area contributed by atoms with Crippen LogP contribution in [0, 0.1) is 17.8 Å². The number of allylic oxidation sites excluding steroid dienone is 3. The van der Waals surface area contributed by atoms with E-state index in [1.54, 1.807) is 0 Å². The average Bonchev–Trinajstić information content (AvgIpc) is 2.16. The molecule has 0 aromatic carbocycles. The topological polar surface area (TPSA) is 0 Å². The Kier molecular flexibility index (Phi) is 3.33. The minimum absolute atomic E-state index is 0.624. The van der Waals surface area contributed by atoms with Crippen LogP contribution in [-0.2, 0) is 0 Å². The van der Waals surface area contributed by atoms with Gasteiger partial charge in [-0.05, 0) is 37.0 Å². The first-order valence-corrected chi connectivity index (χ1v) is 4.69. The summed E-state index contributed by atoms with van der Waals surface area (Å²) in [6, 6.07) is 0. The van der Waals surface area contributed by atoms with Gasteiger partial charge in [0.05, 0.1) is 0 Å². The Morgan fingerprint density at radius 1 is 0.833 bits per heavy atom. The maximum Gasteiger partial charge on any atom is -0.0168 e. The van der Waals surface area contributed by atoms with E-state index in [1.807, 2.05) is 0 Å². The van der Waals surface area contributed by atoms with Crippen LogP contribution in [0.5, 0.6) is 0 Å². The zero-order valence-electron chi connectivity index (χ0n) is 7.71. The van der Waals surface area contributed by atoms with Crippen LogP contribution in [0.4, 0.5) is 0 Å². The molecule has 0 unspecified atom stereocenters. The summed E-state index contributed by atoms with van der Waals surface area (Å²) in [5.41, 5.74) is 0. The lowest BCUT2D eigenvalue weighted by Crippen LogP contribution is -2.20. The van der Waals surface area contributed by atoms with Crippen LogP contribution >= 0.6 is 0 Å². The van der Waals surface area contributed by atoms with Crippen LogP contribution in [0.3, 0.4) is 0 Å². The van der Waals surface area contributed by atoms with E-state index in [2.05, 4.69) is 38.0 Å². The first-order valence-electron chi connectivity index (χ1n) is 4.69. The number of rotatable bonds is 3. The predicted molar refractivity (Wildman–Crippen MR) is 54.9 cm³/mol. The van der Waals surface area contributed by atoms with E-state index < -0.39 is 0 Å². The standard InChI is InChI=1S/C12H18/c1-4-10-7-8-11(5-2)12(6-3)9-10/h4-6,10-12H,1-3,7-9H2/t10-,11+,12+/m1/s1. The maximum absolute atomic E-state index is 3.87. The molecule has 0 radical (unpaired) electrons. The molecule has 0 nitrogen and oxygen atoms in total. The molecule has 0 amide bonds. The normalized spacial score (nSPS) is 35.5. The van der Waals surface area contributed by atoms with Gasteiger partial charge in [-0.25, -0.2) is 0 Å². The Labute approximate surface area is 75.7 Å². The lowest BCUT2D eigenvalue weighted by atomic mass is 9.74. The second-order valence-electron chi connectivity index (χ2n) is 3.61. The Bertz CT molecular complexity index is 178. The summed E-state index contributed by atoms with van der Waals surface area (Å²) in [6.45, 7) is 11.6. The molecule has 0 aliphatic heterocycles. The summed E-state index contributed by atoms with van der Waals surface area (Å²) in [6.07, 6.45) is 9.95. The Morgan fingerprint density at radius 3 is 2.00 bits per heavy atom. The smallest absolute Gasteiger partial charge is 0.0168 e. The molecule has 0 heterocycles. The van der Waals surface area contributed by atoms with E-state index in [1.165, 1.54) is 19.3 Å². The monoisotopic (exact) mass is 162 g/mol. The van der Waals surface area contributed by atoms with Gasteiger partial charge in [-0.15, -0.1) is 19.7 Å². The quantitative estimate of drug-likeness (QED) is 0.556. The van der Waals surface area contributed by atoms with E-state index in [0.717, 1.165) is 0 Å². The van der Waals surface area contributed by atoms with E-state index in [0.29, 0.717) is 17.8 Å².